The summed E-state index contributed by atoms with van der Waals surface area (Å²) in [6.07, 6.45) is 6.26. The number of nitrogens with one attached hydrogen (secondary N) is 1. The van der Waals surface area contributed by atoms with Crippen molar-refractivity contribution in [2.75, 3.05) is 50.4 Å². The Morgan fingerprint density at radius 1 is 1.26 bits per heavy atom. The van der Waals surface area contributed by atoms with Crippen molar-refractivity contribution in [1.82, 2.24) is 20.2 Å². The summed E-state index contributed by atoms with van der Waals surface area (Å²) < 4.78 is 11.4. The van der Waals surface area contributed by atoms with Gasteiger partial charge in [-0.05, 0) is 70.1 Å². The number of aromatic nitrogens is 2. The zero-order valence-corrected chi connectivity index (χ0v) is 24.7. The van der Waals surface area contributed by atoms with E-state index in [0.717, 1.165) is 87.6 Å². The van der Waals surface area contributed by atoms with E-state index < -0.39 is 0 Å². The fourth-order valence-corrected chi connectivity index (χ4v) is 9.09. The lowest BCUT2D eigenvalue weighted by Crippen LogP contribution is -2.44. The van der Waals surface area contributed by atoms with Crippen molar-refractivity contribution in [2.45, 2.75) is 75.2 Å². The molecule has 3 N–H and O–H groups in total. The van der Waals surface area contributed by atoms with Crippen LogP contribution in [0.15, 0.2) is 10.5 Å². The molecule has 0 amide bonds. The Hall–Kier alpha value is -2.39. The molecule has 11 heteroatoms. The Bertz CT molecular complexity index is 1300. The Kier molecular flexibility index (Phi) is 7.48. The molecule has 2 fully saturated rings. The standard InChI is InChI=1S/C28H38N8OS2/c1-17(21-6-5-11-35(21)3)37-27-32-19(15-24(33-27)36-12-9-31-10-13-36)20-14-23(39-34-20)28(2)8-4-7-22-25(28)18(16-29)26(30)38-22/h15,17,21,23,31H,4-14,30H2,1-3H3/t17-,21-,23?,28+/m0/s1. The number of likely N-dealkylation sites (N-methyl/N-ethyl adjacent to an activating group) is 1. The first-order chi connectivity index (χ1) is 18.9. The molecule has 1 aliphatic carbocycles. The highest BCUT2D eigenvalue weighted by Gasteiger charge is 2.46. The Morgan fingerprint density at radius 3 is 2.82 bits per heavy atom. The summed E-state index contributed by atoms with van der Waals surface area (Å²) in [6, 6.07) is 5.31. The number of rotatable bonds is 6. The quantitative estimate of drug-likeness (QED) is 0.504. The number of aryl methyl sites for hydroxylation is 1. The van der Waals surface area contributed by atoms with E-state index >= 15 is 0 Å². The highest BCUT2D eigenvalue weighted by atomic mass is 32.2. The summed E-state index contributed by atoms with van der Waals surface area (Å²) >= 11 is 3.23. The molecule has 9 nitrogen and oxygen atoms in total. The normalized spacial score (nSPS) is 28.2. The van der Waals surface area contributed by atoms with Crippen LogP contribution in [0.1, 0.15) is 67.6 Å². The monoisotopic (exact) mass is 566 g/mol. The Morgan fingerprint density at radius 2 is 2.08 bits per heavy atom. The molecule has 2 saturated heterocycles. The lowest BCUT2D eigenvalue weighted by atomic mass is 9.69. The summed E-state index contributed by atoms with van der Waals surface area (Å²) in [4.78, 5) is 15.8. The van der Waals surface area contributed by atoms with Crippen LogP contribution in [-0.4, -0.2) is 77.7 Å². The van der Waals surface area contributed by atoms with Gasteiger partial charge in [0, 0.05) is 60.3 Å². The van der Waals surface area contributed by atoms with Gasteiger partial charge in [-0.3, -0.25) is 4.90 Å². The van der Waals surface area contributed by atoms with Crippen LogP contribution in [-0.2, 0) is 11.8 Å². The summed E-state index contributed by atoms with van der Waals surface area (Å²) in [5, 5.41) is 14.2. The number of nitrogens with two attached hydrogens (primary N) is 1. The van der Waals surface area contributed by atoms with Crippen molar-refractivity contribution < 1.29 is 4.74 Å². The number of hydrogen-bond donors (Lipinski definition) is 2. The minimum absolute atomic E-state index is 0.00397. The van der Waals surface area contributed by atoms with Gasteiger partial charge in [0.1, 0.15) is 23.0 Å². The van der Waals surface area contributed by atoms with Crippen molar-refractivity contribution in [1.29, 1.82) is 5.26 Å². The third-order valence-corrected chi connectivity index (χ3v) is 11.4. The molecule has 3 aliphatic heterocycles. The molecule has 0 aromatic carbocycles. The number of nitrogen functional groups attached to an aromatic ring is 1. The van der Waals surface area contributed by atoms with Crippen molar-refractivity contribution in [3.8, 4) is 12.1 Å². The third-order valence-electron chi connectivity index (χ3n) is 9.01. The van der Waals surface area contributed by atoms with E-state index in [-0.39, 0.29) is 16.8 Å². The van der Waals surface area contributed by atoms with E-state index in [1.54, 1.807) is 23.3 Å². The molecule has 2 aromatic rings. The number of nitrogens with zero attached hydrogens (tertiary/aromatic N) is 6. The largest absolute Gasteiger partial charge is 0.459 e. The molecule has 208 valence electrons. The number of nitriles is 1. The molecule has 2 aromatic heterocycles. The number of fused-ring (bicyclic) bond motifs is 1. The summed E-state index contributed by atoms with van der Waals surface area (Å²) in [7, 11) is 2.17. The van der Waals surface area contributed by atoms with Crippen LogP contribution in [0.2, 0.25) is 0 Å². The van der Waals surface area contributed by atoms with Crippen LogP contribution >= 0.6 is 23.3 Å². The van der Waals surface area contributed by atoms with Gasteiger partial charge >= 0.3 is 6.01 Å². The summed E-state index contributed by atoms with van der Waals surface area (Å²) in [5.41, 5.74) is 9.80. The predicted molar refractivity (Wildman–Crippen MR) is 159 cm³/mol. The van der Waals surface area contributed by atoms with E-state index in [9.17, 15) is 5.26 Å². The second-order valence-corrected chi connectivity index (χ2v) is 13.6. The van der Waals surface area contributed by atoms with Crippen molar-refractivity contribution in [3.05, 3.63) is 27.8 Å². The maximum atomic E-state index is 9.92. The zero-order valence-electron chi connectivity index (χ0n) is 23.1. The van der Waals surface area contributed by atoms with Crippen LogP contribution in [0.4, 0.5) is 10.8 Å². The smallest absolute Gasteiger partial charge is 0.319 e. The molecule has 0 radical (unpaired) electrons. The molecule has 6 rings (SSSR count). The van der Waals surface area contributed by atoms with Gasteiger partial charge in [0.15, 0.2) is 0 Å². The van der Waals surface area contributed by atoms with Gasteiger partial charge in [0.05, 0.1) is 17.0 Å². The topological polar surface area (TPSA) is 116 Å². The van der Waals surface area contributed by atoms with E-state index in [2.05, 4.69) is 48.1 Å². The van der Waals surface area contributed by atoms with Crippen molar-refractivity contribution >= 4 is 39.8 Å². The number of anilines is 2. The molecule has 0 spiro atoms. The van der Waals surface area contributed by atoms with Gasteiger partial charge in [0.2, 0.25) is 0 Å². The lowest BCUT2D eigenvalue weighted by Gasteiger charge is -2.38. The lowest BCUT2D eigenvalue weighted by molar-refractivity contribution is 0.112. The SMILES string of the molecule is C[C@H](Oc1nc(C2=NSC([C@@]3(C)CCCc4sc(N)c(C#N)c43)C2)cc(N2CCNCC2)n1)[C@@H]1CCCN1C. The summed E-state index contributed by atoms with van der Waals surface area (Å²) in [6.45, 7) is 9.20. The van der Waals surface area contributed by atoms with Gasteiger partial charge in [-0.25, -0.2) is 4.40 Å². The fourth-order valence-electron chi connectivity index (χ4n) is 6.77. The molecule has 4 aliphatic rings. The Balaban J connectivity index is 1.28. The minimum atomic E-state index is -0.155. The van der Waals surface area contributed by atoms with Crippen LogP contribution in [0.25, 0.3) is 0 Å². The third kappa shape index (κ3) is 5.01. The second kappa shape index (κ2) is 10.9. The van der Waals surface area contributed by atoms with Gasteiger partial charge in [-0.15, -0.1) is 11.3 Å². The number of piperazine rings is 1. The first kappa shape index (κ1) is 26.8. The highest BCUT2D eigenvalue weighted by molar-refractivity contribution is 7.99. The molecular weight excluding hydrogens is 528 g/mol. The van der Waals surface area contributed by atoms with E-state index in [0.29, 0.717) is 22.6 Å². The van der Waals surface area contributed by atoms with Crippen molar-refractivity contribution in [3.63, 3.8) is 0 Å². The first-order valence-electron chi connectivity index (χ1n) is 14.1. The number of thiophene rings is 1. The van der Waals surface area contributed by atoms with Crippen molar-refractivity contribution in [2.24, 2.45) is 4.40 Å². The molecular formula is C28H38N8OS2. The van der Waals surface area contributed by atoms with Crippen LogP contribution in [0.5, 0.6) is 6.01 Å². The van der Waals surface area contributed by atoms with Gasteiger partial charge in [-0.1, -0.05) is 6.92 Å². The second-order valence-electron chi connectivity index (χ2n) is 11.5. The molecule has 4 atom stereocenters. The van der Waals surface area contributed by atoms with Gasteiger partial charge < -0.3 is 20.7 Å². The van der Waals surface area contributed by atoms with Gasteiger partial charge in [-0.2, -0.15) is 15.2 Å². The highest BCUT2D eigenvalue weighted by Crippen LogP contribution is 2.52. The molecule has 1 unspecified atom stereocenters. The molecule has 39 heavy (non-hydrogen) atoms. The zero-order chi connectivity index (χ0) is 27.1. The van der Waals surface area contributed by atoms with E-state index in [1.165, 1.54) is 11.3 Å². The molecule has 5 heterocycles. The fraction of sp³-hybridized carbons (Fsp3) is 0.643. The summed E-state index contributed by atoms with van der Waals surface area (Å²) in [5.74, 6) is 0.906. The Labute approximate surface area is 239 Å². The van der Waals surface area contributed by atoms with E-state index in [4.69, 9.17) is 24.8 Å². The number of likely N-dealkylation sites (tertiary alicyclic amines) is 1. The van der Waals surface area contributed by atoms with Crippen LogP contribution in [0, 0.1) is 11.3 Å². The molecule has 0 saturated carbocycles. The minimum Gasteiger partial charge on any atom is -0.459 e. The average Bonchev–Trinajstić information content (AvgIpc) is 3.68. The van der Waals surface area contributed by atoms with Gasteiger partial charge in [0.25, 0.3) is 0 Å². The predicted octanol–water partition coefficient (Wildman–Crippen LogP) is 3.77. The van der Waals surface area contributed by atoms with E-state index in [1.807, 2.05) is 0 Å². The average molecular weight is 567 g/mol. The van der Waals surface area contributed by atoms with Crippen LogP contribution in [0.3, 0.4) is 0 Å². The maximum absolute atomic E-state index is 9.92. The first-order valence-corrected chi connectivity index (χ1v) is 15.8. The number of hydrogen-bond acceptors (Lipinski definition) is 11. The maximum Gasteiger partial charge on any atom is 0.319 e. The molecule has 0 bridgehead atoms. The van der Waals surface area contributed by atoms with Crippen LogP contribution < -0.4 is 20.7 Å². The number of ether oxygens (including phenoxy) is 1.